The average molecular weight is 404 g/mol. The van der Waals surface area contributed by atoms with Gasteiger partial charge in [-0.1, -0.05) is 78.1 Å². The molecular weight excluding hydrogens is 394 g/mol. The topological polar surface area (TPSA) is 63.3 Å². The lowest BCUT2D eigenvalue weighted by molar-refractivity contribution is 0.205. The van der Waals surface area contributed by atoms with E-state index < -0.39 is 6.09 Å². The van der Waals surface area contributed by atoms with E-state index in [9.17, 15) is 0 Å². The van der Waals surface area contributed by atoms with Gasteiger partial charge in [0.15, 0.2) is 0 Å². The first-order valence-electron chi connectivity index (χ1n) is 3.90. The third-order valence-electron chi connectivity index (χ3n) is 1.25. The van der Waals surface area contributed by atoms with Gasteiger partial charge in [0.1, 0.15) is 2.14 Å². The summed E-state index contributed by atoms with van der Waals surface area (Å²) in [5.41, 5.74) is 5.32. The Kier molecular flexibility index (Phi) is 7.21. The van der Waals surface area contributed by atoms with Gasteiger partial charge in [0.25, 0.3) is 0 Å². The summed E-state index contributed by atoms with van der Waals surface area (Å²) in [6.45, 7) is 0. The van der Waals surface area contributed by atoms with Crippen molar-refractivity contribution in [1.29, 1.82) is 0 Å². The van der Waals surface area contributed by atoms with E-state index in [1.54, 1.807) is 0 Å². The Morgan fingerprint density at radius 3 is 2.00 bits per heavy atom. The summed E-state index contributed by atoms with van der Waals surface area (Å²) in [6.07, 6.45) is -0.423. The highest BCUT2D eigenvalue weighted by Crippen LogP contribution is 2.36. The highest BCUT2D eigenvalue weighted by molar-refractivity contribution is 9.39. The van der Waals surface area contributed by atoms with Crippen LogP contribution in [0.3, 0.4) is 0 Å². The monoisotopic (exact) mass is 401 g/mol. The van der Waals surface area contributed by atoms with E-state index in [0.717, 1.165) is 6.42 Å². The van der Waals surface area contributed by atoms with Gasteiger partial charge in [-0.2, -0.15) is 0 Å². The fraction of sp³-hybridized carbons (Fsp3) is 0.222. The minimum Gasteiger partial charge on any atom is -0.465 e. The van der Waals surface area contributed by atoms with Gasteiger partial charge in [-0.25, -0.2) is 4.79 Å². The number of amides is 1. The molecule has 0 atom stereocenters. The van der Waals surface area contributed by atoms with E-state index in [4.69, 9.17) is 9.90 Å². The summed E-state index contributed by atoms with van der Waals surface area (Å²) >= 11 is 10.3. The van der Waals surface area contributed by atoms with Crippen molar-refractivity contribution in [2.45, 2.75) is 8.56 Å². The van der Waals surface area contributed by atoms with Crippen LogP contribution >= 0.6 is 47.8 Å². The zero-order valence-electron chi connectivity index (χ0n) is 7.66. The quantitative estimate of drug-likeness (QED) is 0.702. The number of hydrogen-bond acceptors (Lipinski definition) is 1. The Labute approximate surface area is 113 Å². The lowest BCUT2D eigenvalue weighted by Gasteiger charge is -2.10. The lowest BCUT2D eigenvalue weighted by atomic mass is 10.2. The van der Waals surface area contributed by atoms with Crippen LogP contribution in [0.5, 0.6) is 0 Å². The molecule has 0 aliphatic rings. The van der Waals surface area contributed by atoms with Crippen molar-refractivity contribution < 1.29 is 9.90 Å². The minimum atomic E-state index is -1.33. The number of alkyl halides is 3. The molecule has 0 radical (unpaired) electrons. The van der Waals surface area contributed by atoms with Gasteiger partial charge in [0.2, 0.25) is 0 Å². The average Bonchev–Trinajstić information content (AvgIpc) is 2.01. The molecule has 0 spiro atoms. The zero-order chi connectivity index (χ0) is 11.9. The van der Waals surface area contributed by atoms with E-state index in [1.807, 2.05) is 18.2 Å². The molecule has 0 aromatic heterocycles. The van der Waals surface area contributed by atoms with Crippen molar-refractivity contribution in [2.75, 3.05) is 0 Å². The van der Waals surface area contributed by atoms with Gasteiger partial charge in [-0.05, 0) is 5.56 Å². The van der Waals surface area contributed by atoms with E-state index >= 15 is 0 Å². The second-order valence-corrected chi connectivity index (χ2v) is 9.87. The predicted molar refractivity (Wildman–Crippen MR) is 71.9 cm³/mol. The predicted octanol–water partition coefficient (Wildman–Crippen LogP) is 3.69. The van der Waals surface area contributed by atoms with E-state index in [1.165, 1.54) is 5.56 Å². The zero-order valence-corrected chi connectivity index (χ0v) is 12.4. The van der Waals surface area contributed by atoms with Crippen LogP contribution in [0.25, 0.3) is 0 Å². The fourth-order valence-corrected chi connectivity index (χ4v) is 1.80. The molecule has 0 aliphatic heterocycles. The molecule has 1 rings (SSSR count). The minimum absolute atomic E-state index is 0.158. The third kappa shape index (κ3) is 11.9. The summed E-state index contributed by atoms with van der Waals surface area (Å²) in [7, 11) is 0. The van der Waals surface area contributed by atoms with Crippen LogP contribution in [0.15, 0.2) is 30.3 Å². The first-order valence-corrected chi connectivity index (χ1v) is 6.28. The molecule has 1 amide bonds. The largest absolute Gasteiger partial charge is 0.465 e. The summed E-state index contributed by atoms with van der Waals surface area (Å²) in [5, 5.41) is 7.19. The number of benzene rings is 1. The first kappa shape index (κ1) is 14.9. The standard InChI is InChI=1S/C8H7Br3.CH3NO2/c9-8(10,11)6-7-4-2-1-3-5-7;2-1(3)4/h1-5H,6H2;2H2,(H,3,4). The Morgan fingerprint density at radius 1 is 1.27 bits per heavy atom. The summed E-state index contributed by atoms with van der Waals surface area (Å²) in [6, 6.07) is 10.3. The normalized spacial score (nSPS) is 10.1. The Hall–Kier alpha value is -0.0700. The van der Waals surface area contributed by atoms with Crippen molar-refractivity contribution in [1.82, 2.24) is 0 Å². The van der Waals surface area contributed by atoms with E-state index in [0.29, 0.717) is 0 Å². The van der Waals surface area contributed by atoms with Gasteiger partial charge in [0, 0.05) is 6.42 Å². The van der Waals surface area contributed by atoms with E-state index in [-0.39, 0.29) is 2.14 Å². The Morgan fingerprint density at radius 2 is 1.67 bits per heavy atom. The molecule has 0 aliphatic carbocycles. The number of hydrogen-bond donors (Lipinski definition) is 2. The Bertz CT molecular complexity index is 294. The first-order chi connectivity index (χ1) is 6.81. The molecule has 3 N–H and O–H groups in total. The van der Waals surface area contributed by atoms with Crippen LogP contribution in [0.4, 0.5) is 4.79 Å². The molecule has 1 aromatic carbocycles. The maximum atomic E-state index is 8.78. The number of halogens is 3. The Balaban J connectivity index is 0.000000423. The number of nitrogens with two attached hydrogens (primary N) is 1. The highest BCUT2D eigenvalue weighted by atomic mass is 80.0. The molecule has 0 fully saturated rings. The fourth-order valence-electron chi connectivity index (χ4n) is 0.827. The summed E-state index contributed by atoms with van der Waals surface area (Å²) in [5.74, 6) is 0. The SMILES string of the molecule is BrC(Br)(Br)Cc1ccccc1.NC(=O)O. The second kappa shape index (κ2) is 7.24. The van der Waals surface area contributed by atoms with Gasteiger partial charge in [-0.15, -0.1) is 0 Å². The molecular formula is C9H10Br3NO2. The molecule has 6 heteroatoms. The third-order valence-corrected chi connectivity index (χ3v) is 2.09. The maximum Gasteiger partial charge on any atom is 0.402 e. The maximum absolute atomic E-state index is 8.78. The highest BCUT2D eigenvalue weighted by Gasteiger charge is 2.17. The van der Waals surface area contributed by atoms with Crippen molar-refractivity contribution in [3.05, 3.63) is 35.9 Å². The lowest BCUT2D eigenvalue weighted by Crippen LogP contribution is -2.03. The van der Waals surface area contributed by atoms with Gasteiger partial charge in [-0.3, -0.25) is 0 Å². The molecule has 15 heavy (non-hydrogen) atoms. The molecule has 1 aromatic rings. The second-order valence-electron chi connectivity index (χ2n) is 2.62. The van der Waals surface area contributed by atoms with Crippen LogP contribution < -0.4 is 5.73 Å². The summed E-state index contributed by atoms with van der Waals surface area (Å²) < 4.78 is -0.158. The number of carbonyl (C=O) groups is 1. The number of primary amides is 1. The van der Waals surface area contributed by atoms with Gasteiger partial charge in [0.05, 0.1) is 0 Å². The van der Waals surface area contributed by atoms with Crippen LogP contribution in [-0.4, -0.2) is 13.3 Å². The van der Waals surface area contributed by atoms with Crippen molar-refractivity contribution in [3.8, 4) is 0 Å². The van der Waals surface area contributed by atoms with Crippen molar-refractivity contribution in [3.63, 3.8) is 0 Å². The van der Waals surface area contributed by atoms with Crippen molar-refractivity contribution in [2.24, 2.45) is 5.73 Å². The van der Waals surface area contributed by atoms with Crippen LogP contribution in [0.2, 0.25) is 0 Å². The van der Waals surface area contributed by atoms with Gasteiger partial charge >= 0.3 is 6.09 Å². The molecule has 0 saturated heterocycles. The van der Waals surface area contributed by atoms with Gasteiger partial charge < -0.3 is 10.8 Å². The van der Waals surface area contributed by atoms with Crippen LogP contribution in [-0.2, 0) is 6.42 Å². The van der Waals surface area contributed by atoms with Crippen LogP contribution in [0.1, 0.15) is 5.56 Å². The molecule has 0 bridgehead atoms. The molecule has 0 unspecified atom stereocenters. The van der Waals surface area contributed by atoms with E-state index in [2.05, 4.69) is 65.7 Å². The molecule has 84 valence electrons. The summed E-state index contributed by atoms with van der Waals surface area (Å²) in [4.78, 5) is 8.78. The molecule has 0 heterocycles. The number of rotatable bonds is 1. The number of carboxylic acid groups (broad SMARTS) is 1. The molecule has 3 nitrogen and oxygen atoms in total. The van der Waals surface area contributed by atoms with Crippen LogP contribution in [0, 0.1) is 0 Å². The van der Waals surface area contributed by atoms with Crippen molar-refractivity contribution >= 4 is 53.9 Å². The molecule has 0 saturated carbocycles. The smallest absolute Gasteiger partial charge is 0.402 e.